The first-order valence-corrected chi connectivity index (χ1v) is 12.9. The SMILES string of the molecule is COc1ccc(S(=O)(=O)N(C)CC[C@H](C(=O)NO)[C@@H](CC(C)C)C(=O)N2CCCCC2)cc1. The van der Waals surface area contributed by atoms with Crippen LogP contribution < -0.4 is 10.2 Å². The van der Waals surface area contributed by atoms with E-state index in [0.29, 0.717) is 25.3 Å². The van der Waals surface area contributed by atoms with Gasteiger partial charge in [0.2, 0.25) is 21.8 Å². The van der Waals surface area contributed by atoms with Gasteiger partial charge in [0.25, 0.3) is 0 Å². The van der Waals surface area contributed by atoms with Gasteiger partial charge in [-0.05, 0) is 62.3 Å². The second-order valence-electron chi connectivity index (χ2n) is 9.00. The number of carbonyl (C=O) groups is 2. The van der Waals surface area contributed by atoms with Crippen LogP contribution in [0.3, 0.4) is 0 Å². The number of methoxy groups -OCH3 is 1. The molecule has 0 aromatic heterocycles. The van der Waals surface area contributed by atoms with Crippen LogP contribution in [0.4, 0.5) is 0 Å². The molecule has 1 aliphatic rings. The summed E-state index contributed by atoms with van der Waals surface area (Å²) in [6, 6.07) is 6.06. The summed E-state index contributed by atoms with van der Waals surface area (Å²) < 4.78 is 32.2. The molecule has 33 heavy (non-hydrogen) atoms. The van der Waals surface area contributed by atoms with Crippen molar-refractivity contribution in [2.24, 2.45) is 17.8 Å². The number of hydrogen-bond acceptors (Lipinski definition) is 6. The van der Waals surface area contributed by atoms with E-state index in [1.54, 1.807) is 22.5 Å². The zero-order valence-electron chi connectivity index (χ0n) is 20.0. The Hall–Kier alpha value is -2.17. The molecule has 2 atom stereocenters. The van der Waals surface area contributed by atoms with E-state index in [1.165, 1.54) is 30.6 Å². The molecule has 10 heteroatoms. The molecule has 0 bridgehead atoms. The summed E-state index contributed by atoms with van der Waals surface area (Å²) in [5.74, 6) is -1.55. The number of hydrogen-bond donors (Lipinski definition) is 2. The molecule has 1 aromatic rings. The largest absolute Gasteiger partial charge is 0.497 e. The van der Waals surface area contributed by atoms with E-state index in [0.717, 1.165) is 19.3 Å². The predicted molar refractivity (Wildman–Crippen MR) is 124 cm³/mol. The first-order chi connectivity index (χ1) is 15.6. The lowest BCUT2D eigenvalue weighted by Gasteiger charge is -2.34. The van der Waals surface area contributed by atoms with Crippen molar-refractivity contribution in [3.63, 3.8) is 0 Å². The number of carbonyl (C=O) groups excluding carboxylic acids is 2. The summed E-state index contributed by atoms with van der Waals surface area (Å²) in [6.45, 7) is 5.29. The van der Waals surface area contributed by atoms with Crippen molar-refractivity contribution in [1.29, 1.82) is 0 Å². The predicted octanol–water partition coefficient (Wildman–Crippen LogP) is 2.50. The van der Waals surface area contributed by atoms with E-state index in [9.17, 15) is 23.2 Å². The number of nitrogens with zero attached hydrogens (tertiary/aromatic N) is 2. The average molecular weight is 484 g/mol. The molecule has 9 nitrogen and oxygen atoms in total. The van der Waals surface area contributed by atoms with E-state index in [-0.39, 0.29) is 29.7 Å². The van der Waals surface area contributed by atoms with Gasteiger partial charge in [0.05, 0.1) is 23.8 Å². The molecule has 0 unspecified atom stereocenters. The van der Waals surface area contributed by atoms with Gasteiger partial charge in [-0.15, -0.1) is 0 Å². The van der Waals surface area contributed by atoms with Crippen molar-refractivity contribution in [2.45, 2.75) is 50.8 Å². The highest BCUT2D eigenvalue weighted by atomic mass is 32.2. The third-order valence-electron chi connectivity index (χ3n) is 6.17. The van der Waals surface area contributed by atoms with Gasteiger partial charge < -0.3 is 9.64 Å². The molecule has 0 radical (unpaired) electrons. The van der Waals surface area contributed by atoms with E-state index in [2.05, 4.69) is 0 Å². The first-order valence-electron chi connectivity index (χ1n) is 11.4. The normalized spacial score (nSPS) is 16.5. The van der Waals surface area contributed by atoms with Crippen LogP contribution in [-0.2, 0) is 19.6 Å². The molecule has 1 fully saturated rings. The molecule has 1 heterocycles. The first kappa shape index (κ1) is 27.1. The van der Waals surface area contributed by atoms with Crippen LogP contribution in [0.2, 0.25) is 0 Å². The monoisotopic (exact) mass is 483 g/mol. The number of amides is 2. The molecule has 186 valence electrons. The van der Waals surface area contributed by atoms with E-state index >= 15 is 0 Å². The van der Waals surface area contributed by atoms with Crippen LogP contribution in [-0.4, -0.2) is 68.4 Å². The number of rotatable bonds is 11. The Bertz CT molecular complexity index is 882. The summed E-state index contributed by atoms with van der Waals surface area (Å²) in [5, 5.41) is 9.36. The van der Waals surface area contributed by atoms with Crippen molar-refractivity contribution >= 4 is 21.8 Å². The van der Waals surface area contributed by atoms with Crippen molar-refractivity contribution in [3.05, 3.63) is 24.3 Å². The minimum absolute atomic E-state index is 0.0221. The van der Waals surface area contributed by atoms with Crippen molar-refractivity contribution in [3.8, 4) is 5.75 Å². The van der Waals surface area contributed by atoms with Gasteiger partial charge in [0, 0.05) is 26.7 Å². The summed E-state index contributed by atoms with van der Waals surface area (Å²) >= 11 is 0. The van der Waals surface area contributed by atoms with Gasteiger partial charge >= 0.3 is 0 Å². The summed E-state index contributed by atoms with van der Waals surface area (Å²) in [7, 11) is -0.851. The quantitative estimate of drug-likeness (QED) is 0.369. The Morgan fingerprint density at radius 2 is 1.73 bits per heavy atom. The van der Waals surface area contributed by atoms with Gasteiger partial charge in [-0.25, -0.2) is 18.2 Å². The lowest BCUT2D eigenvalue weighted by molar-refractivity contribution is -0.146. The maximum absolute atomic E-state index is 13.3. The molecule has 2 N–H and O–H groups in total. The molecule has 1 saturated heterocycles. The standard InChI is InChI=1S/C23H37N3O6S/c1-17(2)16-21(23(28)26-13-6-5-7-14-26)20(22(27)24-29)12-15-25(3)33(30,31)19-10-8-18(32-4)9-11-19/h8-11,17,20-21,29H,5-7,12-16H2,1-4H3,(H,24,27)/t20-,21+/m0/s1. The maximum Gasteiger partial charge on any atom is 0.247 e. The maximum atomic E-state index is 13.3. The minimum atomic E-state index is -3.79. The smallest absolute Gasteiger partial charge is 0.247 e. The van der Waals surface area contributed by atoms with Crippen LogP contribution in [0, 0.1) is 17.8 Å². The number of ether oxygens (including phenoxy) is 1. The molecule has 1 aliphatic heterocycles. The fourth-order valence-corrected chi connectivity index (χ4v) is 5.45. The molecule has 2 amide bonds. The van der Waals surface area contributed by atoms with Crippen molar-refractivity contribution in [2.75, 3.05) is 33.8 Å². The number of sulfonamides is 1. The van der Waals surface area contributed by atoms with Crippen LogP contribution in [0.5, 0.6) is 5.75 Å². The third kappa shape index (κ3) is 7.15. The van der Waals surface area contributed by atoms with Gasteiger partial charge in [-0.2, -0.15) is 0 Å². The van der Waals surface area contributed by atoms with Gasteiger partial charge in [-0.1, -0.05) is 13.8 Å². The fourth-order valence-electron chi connectivity index (χ4n) is 4.26. The molecular weight excluding hydrogens is 446 g/mol. The highest BCUT2D eigenvalue weighted by Gasteiger charge is 2.37. The number of likely N-dealkylation sites (tertiary alicyclic amines) is 1. The van der Waals surface area contributed by atoms with E-state index < -0.39 is 27.8 Å². The topological polar surface area (TPSA) is 116 Å². The molecule has 1 aromatic carbocycles. The highest BCUT2D eigenvalue weighted by molar-refractivity contribution is 7.89. The molecule has 0 aliphatic carbocycles. The Balaban J connectivity index is 2.20. The molecular formula is C23H37N3O6S. The second-order valence-corrected chi connectivity index (χ2v) is 11.0. The fraction of sp³-hybridized carbons (Fsp3) is 0.652. The number of piperidine rings is 1. The van der Waals surface area contributed by atoms with Crippen LogP contribution in [0.15, 0.2) is 29.2 Å². The van der Waals surface area contributed by atoms with Crippen LogP contribution >= 0.6 is 0 Å². The van der Waals surface area contributed by atoms with E-state index in [1.807, 2.05) is 13.8 Å². The number of benzene rings is 1. The summed E-state index contributed by atoms with van der Waals surface area (Å²) in [4.78, 5) is 27.9. The molecule has 2 rings (SSSR count). The van der Waals surface area contributed by atoms with Gasteiger partial charge in [-0.3, -0.25) is 14.8 Å². The molecule has 0 spiro atoms. The minimum Gasteiger partial charge on any atom is -0.497 e. The van der Waals surface area contributed by atoms with Gasteiger partial charge in [0.15, 0.2) is 0 Å². The third-order valence-corrected chi connectivity index (χ3v) is 8.04. The van der Waals surface area contributed by atoms with Gasteiger partial charge in [0.1, 0.15) is 5.75 Å². The Morgan fingerprint density at radius 1 is 1.12 bits per heavy atom. The molecule has 0 saturated carbocycles. The zero-order chi connectivity index (χ0) is 24.6. The van der Waals surface area contributed by atoms with E-state index in [4.69, 9.17) is 4.74 Å². The Labute approximate surface area is 197 Å². The summed E-state index contributed by atoms with van der Waals surface area (Å²) in [6.07, 6.45) is 3.52. The number of nitrogens with one attached hydrogen (secondary N) is 1. The van der Waals surface area contributed by atoms with Crippen molar-refractivity contribution in [1.82, 2.24) is 14.7 Å². The van der Waals surface area contributed by atoms with Crippen molar-refractivity contribution < 1.29 is 28.0 Å². The lowest BCUT2D eigenvalue weighted by Crippen LogP contribution is -2.46. The second kappa shape index (κ2) is 12.3. The van der Waals surface area contributed by atoms with Crippen LogP contribution in [0.1, 0.15) is 46.0 Å². The Kier molecular flexibility index (Phi) is 10.1. The lowest BCUT2D eigenvalue weighted by atomic mass is 9.81. The average Bonchev–Trinajstić information content (AvgIpc) is 2.82. The summed E-state index contributed by atoms with van der Waals surface area (Å²) in [5.41, 5.74) is 1.69. The Morgan fingerprint density at radius 3 is 2.24 bits per heavy atom. The number of hydroxylamine groups is 1. The zero-order valence-corrected chi connectivity index (χ0v) is 20.8. The highest BCUT2D eigenvalue weighted by Crippen LogP contribution is 2.29. The van der Waals surface area contributed by atoms with Crippen LogP contribution in [0.25, 0.3) is 0 Å².